The van der Waals surface area contributed by atoms with E-state index in [4.69, 9.17) is 11.6 Å². The molecule has 0 spiro atoms. The minimum atomic E-state index is -0.350. The number of phenols is 1. The Morgan fingerprint density at radius 1 is 1.30 bits per heavy atom. The molecule has 20 heavy (non-hydrogen) atoms. The van der Waals surface area contributed by atoms with Crippen molar-refractivity contribution in [2.75, 3.05) is 5.32 Å². The number of rotatable bonds is 2. The summed E-state index contributed by atoms with van der Waals surface area (Å²) in [6.07, 6.45) is 1.52. The fraction of sp³-hybridized carbons (Fsp3) is 0.143. The number of carbonyl (C=O) groups excluding carboxylic acids is 1. The van der Waals surface area contributed by atoms with Crippen LogP contribution in [-0.4, -0.2) is 16.0 Å². The summed E-state index contributed by atoms with van der Waals surface area (Å²) in [7, 11) is 0. The van der Waals surface area contributed by atoms with Gasteiger partial charge in [-0.1, -0.05) is 11.6 Å². The standard InChI is InChI=1S/C14H12BrClN2O2/c1-7-4-12(19)8(2)3-11(7)18-14(20)10-5-9(15)6-17-13(10)16/h3-6,19H,1-2H3,(H,18,20). The largest absolute Gasteiger partial charge is 0.508 e. The molecule has 0 bridgehead atoms. The number of phenolic OH excluding ortho intramolecular Hbond substituents is 1. The number of aromatic hydroxyl groups is 1. The van der Waals surface area contributed by atoms with Gasteiger partial charge in [0.05, 0.1) is 5.56 Å². The molecule has 1 heterocycles. The van der Waals surface area contributed by atoms with Crippen molar-refractivity contribution in [3.05, 3.63) is 50.7 Å². The number of nitrogens with one attached hydrogen (secondary N) is 1. The van der Waals surface area contributed by atoms with Gasteiger partial charge in [0, 0.05) is 16.4 Å². The Labute approximate surface area is 129 Å². The van der Waals surface area contributed by atoms with Crippen molar-refractivity contribution < 1.29 is 9.90 Å². The first-order valence-corrected chi connectivity index (χ1v) is 6.98. The molecule has 4 nitrogen and oxygen atoms in total. The van der Waals surface area contributed by atoms with Gasteiger partial charge in [0.15, 0.2) is 0 Å². The lowest BCUT2D eigenvalue weighted by Crippen LogP contribution is -2.14. The highest BCUT2D eigenvalue weighted by atomic mass is 79.9. The van der Waals surface area contributed by atoms with Gasteiger partial charge in [-0.3, -0.25) is 4.79 Å². The summed E-state index contributed by atoms with van der Waals surface area (Å²) in [5.74, 6) is -0.153. The lowest BCUT2D eigenvalue weighted by Gasteiger charge is -2.11. The maximum atomic E-state index is 12.2. The highest BCUT2D eigenvalue weighted by molar-refractivity contribution is 9.10. The SMILES string of the molecule is Cc1cc(NC(=O)c2cc(Br)cnc2Cl)c(C)cc1O. The molecule has 0 atom stereocenters. The number of aromatic nitrogens is 1. The number of halogens is 2. The molecule has 1 aromatic carbocycles. The molecule has 0 unspecified atom stereocenters. The van der Waals surface area contributed by atoms with Crippen LogP contribution in [0.4, 0.5) is 5.69 Å². The average molecular weight is 356 g/mol. The Morgan fingerprint density at radius 2 is 2.00 bits per heavy atom. The Hall–Kier alpha value is -1.59. The smallest absolute Gasteiger partial charge is 0.258 e. The first-order valence-electron chi connectivity index (χ1n) is 5.81. The number of pyridine rings is 1. The lowest BCUT2D eigenvalue weighted by molar-refractivity contribution is 0.102. The van der Waals surface area contributed by atoms with E-state index in [2.05, 4.69) is 26.2 Å². The summed E-state index contributed by atoms with van der Waals surface area (Å²) >= 11 is 9.17. The maximum absolute atomic E-state index is 12.2. The van der Waals surface area contributed by atoms with Gasteiger partial charge in [0.1, 0.15) is 10.9 Å². The monoisotopic (exact) mass is 354 g/mol. The molecule has 6 heteroatoms. The zero-order chi connectivity index (χ0) is 14.9. The first-order chi connectivity index (χ1) is 9.38. The molecule has 1 aromatic heterocycles. The molecule has 104 valence electrons. The van der Waals surface area contributed by atoms with E-state index < -0.39 is 0 Å². The van der Waals surface area contributed by atoms with Crippen LogP contribution in [-0.2, 0) is 0 Å². The zero-order valence-electron chi connectivity index (χ0n) is 10.9. The van der Waals surface area contributed by atoms with Crippen LogP contribution >= 0.6 is 27.5 Å². The molecule has 0 aliphatic heterocycles. The van der Waals surface area contributed by atoms with Crippen LogP contribution in [0.15, 0.2) is 28.9 Å². The van der Waals surface area contributed by atoms with E-state index in [0.717, 1.165) is 5.56 Å². The summed E-state index contributed by atoms with van der Waals surface area (Å²) in [6, 6.07) is 4.92. The fourth-order valence-corrected chi connectivity index (χ4v) is 2.23. The summed E-state index contributed by atoms with van der Waals surface area (Å²) in [5, 5.41) is 12.5. The van der Waals surface area contributed by atoms with E-state index in [9.17, 15) is 9.90 Å². The van der Waals surface area contributed by atoms with Crippen LogP contribution in [0.5, 0.6) is 5.75 Å². The summed E-state index contributed by atoms with van der Waals surface area (Å²) in [4.78, 5) is 16.1. The lowest BCUT2D eigenvalue weighted by atomic mass is 10.1. The Kier molecular flexibility index (Phi) is 4.30. The van der Waals surface area contributed by atoms with E-state index in [0.29, 0.717) is 15.7 Å². The van der Waals surface area contributed by atoms with Gasteiger partial charge in [-0.05, 0) is 59.1 Å². The number of carbonyl (C=O) groups is 1. The van der Waals surface area contributed by atoms with Crippen LogP contribution in [0.25, 0.3) is 0 Å². The summed E-state index contributed by atoms with van der Waals surface area (Å²) < 4.78 is 0.672. The first kappa shape index (κ1) is 14.8. The average Bonchev–Trinajstić information content (AvgIpc) is 2.38. The maximum Gasteiger partial charge on any atom is 0.258 e. The Balaban J connectivity index is 2.32. The molecule has 2 aromatic rings. The van der Waals surface area contributed by atoms with Gasteiger partial charge in [0.25, 0.3) is 5.91 Å². The summed E-state index contributed by atoms with van der Waals surface area (Å²) in [5.41, 5.74) is 2.36. The van der Waals surface area contributed by atoms with Crippen molar-refractivity contribution in [2.24, 2.45) is 0 Å². The highest BCUT2D eigenvalue weighted by Crippen LogP contribution is 2.26. The number of anilines is 1. The van der Waals surface area contributed by atoms with E-state index >= 15 is 0 Å². The predicted octanol–water partition coefficient (Wildman–Crippen LogP) is 4.07. The number of hydrogen-bond donors (Lipinski definition) is 2. The van der Waals surface area contributed by atoms with Crippen molar-refractivity contribution in [3.8, 4) is 5.75 Å². The molecule has 2 N–H and O–H groups in total. The second-order valence-corrected chi connectivity index (χ2v) is 5.67. The molecule has 0 aliphatic rings. The van der Waals surface area contributed by atoms with Crippen molar-refractivity contribution in [1.82, 2.24) is 4.98 Å². The topological polar surface area (TPSA) is 62.2 Å². The van der Waals surface area contributed by atoms with E-state index in [1.165, 1.54) is 6.20 Å². The number of aryl methyl sites for hydroxylation is 2. The van der Waals surface area contributed by atoms with Gasteiger partial charge in [-0.25, -0.2) is 4.98 Å². The number of hydrogen-bond acceptors (Lipinski definition) is 3. The zero-order valence-corrected chi connectivity index (χ0v) is 13.2. The molecule has 0 saturated carbocycles. The molecule has 0 aliphatic carbocycles. The predicted molar refractivity (Wildman–Crippen MR) is 82.5 cm³/mol. The highest BCUT2D eigenvalue weighted by Gasteiger charge is 2.14. The van der Waals surface area contributed by atoms with Crippen molar-refractivity contribution >= 4 is 39.1 Å². The molecule has 0 saturated heterocycles. The van der Waals surface area contributed by atoms with Crippen molar-refractivity contribution in [2.45, 2.75) is 13.8 Å². The number of benzene rings is 1. The normalized spacial score (nSPS) is 10.4. The minimum absolute atomic E-state index is 0.138. The van der Waals surface area contributed by atoms with Gasteiger partial charge < -0.3 is 10.4 Å². The van der Waals surface area contributed by atoms with Gasteiger partial charge >= 0.3 is 0 Å². The van der Waals surface area contributed by atoms with Crippen molar-refractivity contribution in [1.29, 1.82) is 0 Å². The van der Waals surface area contributed by atoms with Crippen LogP contribution in [0.1, 0.15) is 21.5 Å². The third-order valence-corrected chi connectivity index (χ3v) is 3.58. The molecular formula is C14H12BrClN2O2. The third-order valence-electron chi connectivity index (χ3n) is 2.84. The van der Waals surface area contributed by atoms with Gasteiger partial charge in [0.2, 0.25) is 0 Å². The second-order valence-electron chi connectivity index (χ2n) is 4.40. The molecule has 1 amide bonds. The van der Waals surface area contributed by atoms with Gasteiger partial charge in [-0.2, -0.15) is 0 Å². The quantitative estimate of drug-likeness (QED) is 0.630. The van der Waals surface area contributed by atoms with E-state index in [1.807, 2.05) is 0 Å². The minimum Gasteiger partial charge on any atom is -0.508 e. The Bertz CT molecular complexity index is 689. The van der Waals surface area contributed by atoms with Crippen molar-refractivity contribution in [3.63, 3.8) is 0 Å². The van der Waals surface area contributed by atoms with Crippen LogP contribution in [0.2, 0.25) is 5.15 Å². The third kappa shape index (κ3) is 3.11. The number of amides is 1. The molecule has 0 fully saturated rings. The fourth-order valence-electron chi connectivity index (χ4n) is 1.71. The van der Waals surface area contributed by atoms with E-state index in [1.54, 1.807) is 32.0 Å². The van der Waals surface area contributed by atoms with Crippen LogP contribution in [0.3, 0.4) is 0 Å². The molecule has 2 rings (SSSR count). The summed E-state index contributed by atoms with van der Waals surface area (Å²) in [6.45, 7) is 3.56. The molecular weight excluding hydrogens is 344 g/mol. The Morgan fingerprint density at radius 3 is 2.70 bits per heavy atom. The van der Waals surface area contributed by atoms with Crippen LogP contribution < -0.4 is 5.32 Å². The molecule has 0 radical (unpaired) electrons. The second kappa shape index (κ2) is 5.81. The van der Waals surface area contributed by atoms with E-state index in [-0.39, 0.29) is 22.4 Å². The van der Waals surface area contributed by atoms with Crippen LogP contribution in [0, 0.1) is 13.8 Å². The number of nitrogens with zero attached hydrogens (tertiary/aromatic N) is 1. The van der Waals surface area contributed by atoms with Gasteiger partial charge in [-0.15, -0.1) is 0 Å².